The van der Waals surface area contributed by atoms with Crippen molar-refractivity contribution < 1.29 is 4.79 Å². The van der Waals surface area contributed by atoms with Crippen LogP contribution in [0.25, 0.3) is 10.8 Å². The average molecular weight is 367 g/mol. The lowest BCUT2D eigenvalue weighted by molar-refractivity contribution is -0.123. The highest BCUT2D eigenvalue weighted by Crippen LogP contribution is 2.74. The number of allylic oxidation sites excluding steroid dienone is 2. The SMILES string of the molecule is O=C1CCc2cc3ccc4cc3cc2C1C12CCC(C1)C1=C2C2CCC14CC2. The van der Waals surface area contributed by atoms with Crippen LogP contribution in [0.15, 0.2) is 41.5 Å². The van der Waals surface area contributed by atoms with Crippen molar-refractivity contribution in [3.63, 3.8) is 0 Å². The Bertz CT molecular complexity index is 1140. The highest BCUT2D eigenvalue weighted by molar-refractivity contribution is 5.94. The van der Waals surface area contributed by atoms with Gasteiger partial charge in [0.2, 0.25) is 0 Å². The third-order valence-electron chi connectivity index (χ3n) is 10.0. The summed E-state index contributed by atoms with van der Waals surface area (Å²) in [6.45, 7) is 0. The van der Waals surface area contributed by atoms with Crippen LogP contribution in [-0.4, -0.2) is 5.78 Å². The number of Topliss-reactive ketones (excluding diaryl/α,β-unsaturated/α-hetero) is 1. The molecule has 9 bridgehead atoms. The fourth-order valence-corrected chi connectivity index (χ4v) is 9.19. The lowest BCUT2D eigenvalue weighted by Crippen LogP contribution is -2.46. The molecule has 2 aromatic rings. The topological polar surface area (TPSA) is 17.1 Å². The largest absolute Gasteiger partial charge is 0.299 e. The first kappa shape index (κ1) is 15.0. The van der Waals surface area contributed by atoms with Gasteiger partial charge in [-0.3, -0.25) is 4.79 Å². The van der Waals surface area contributed by atoms with Crippen LogP contribution >= 0.6 is 0 Å². The van der Waals surface area contributed by atoms with Crippen LogP contribution in [0.5, 0.6) is 0 Å². The summed E-state index contributed by atoms with van der Waals surface area (Å²) in [5.41, 5.74) is 8.60. The van der Waals surface area contributed by atoms with Gasteiger partial charge in [0.05, 0.1) is 5.92 Å². The van der Waals surface area contributed by atoms with Crippen molar-refractivity contribution in [1.82, 2.24) is 0 Å². The molecular weight excluding hydrogens is 340 g/mol. The summed E-state index contributed by atoms with van der Waals surface area (Å²) < 4.78 is 0. The highest BCUT2D eigenvalue weighted by Gasteiger charge is 2.65. The molecule has 28 heavy (non-hydrogen) atoms. The number of ketones is 1. The van der Waals surface area contributed by atoms with Crippen LogP contribution in [0.2, 0.25) is 0 Å². The van der Waals surface area contributed by atoms with Crippen LogP contribution in [0.4, 0.5) is 0 Å². The first-order valence-electron chi connectivity index (χ1n) is 11.5. The second-order valence-electron chi connectivity index (χ2n) is 10.8. The molecule has 140 valence electrons. The van der Waals surface area contributed by atoms with Gasteiger partial charge in [-0.15, -0.1) is 0 Å². The molecular formula is C27H26O. The number of carbonyl (C=O) groups is 1. The lowest BCUT2D eigenvalue weighted by atomic mass is 9.48. The zero-order chi connectivity index (χ0) is 18.3. The number of benzene rings is 2. The van der Waals surface area contributed by atoms with E-state index in [1.165, 1.54) is 66.8 Å². The Balaban J connectivity index is 1.59. The van der Waals surface area contributed by atoms with E-state index in [9.17, 15) is 4.79 Å². The van der Waals surface area contributed by atoms with E-state index >= 15 is 0 Å². The Hall–Kier alpha value is -1.89. The second kappa shape index (κ2) is 4.48. The van der Waals surface area contributed by atoms with Crippen molar-refractivity contribution in [1.29, 1.82) is 0 Å². The van der Waals surface area contributed by atoms with E-state index < -0.39 is 0 Å². The Labute approximate surface area is 166 Å². The zero-order valence-corrected chi connectivity index (χ0v) is 16.4. The molecule has 7 aliphatic rings. The van der Waals surface area contributed by atoms with Crippen LogP contribution in [0.3, 0.4) is 0 Å². The number of fused-ring (bicyclic) bond motifs is 4. The number of rotatable bonds is 0. The fourth-order valence-electron chi connectivity index (χ4n) is 9.19. The van der Waals surface area contributed by atoms with E-state index in [0.29, 0.717) is 11.2 Å². The van der Waals surface area contributed by atoms with E-state index in [0.717, 1.165) is 24.7 Å². The molecule has 0 aromatic heterocycles. The van der Waals surface area contributed by atoms with Gasteiger partial charge in [-0.05, 0) is 90.7 Å². The molecule has 7 aliphatic carbocycles. The minimum Gasteiger partial charge on any atom is -0.299 e. The van der Waals surface area contributed by atoms with E-state index in [-0.39, 0.29) is 11.3 Å². The van der Waals surface area contributed by atoms with Gasteiger partial charge in [0.25, 0.3) is 0 Å². The highest BCUT2D eigenvalue weighted by atomic mass is 16.1. The molecule has 0 radical (unpaired) electrons. The van der Waals surface area contributed by atoms with E-state index in [1.54, 1.807) is 5.56 Å². The molecule has 3 unspecified atom stereocenters. The van der Waals surface area contributed by atoms with Crippen molar-refractivity contribution in [3.8, 4) is 0 Å². The number of hydrogen-bond donors (Lipinski definition) is 0. The molecule has 0 aliphatic heterocycles. The van der Waals surface area contributed by atoms with Gasteiger partial charge in [0.15, 0.2) is 0 Å². The Kier molecular flexibility index (Phi) is 2.40. The normalized spacial score (nSPS) is 41.6. The molecule has 3 atom stereocenters. The third-order valence-corrected chi connectivity index (χ3v) is 10.0. The van der Waals surface area contributed by atoms with Crippen LogP contribution in [0.1, 0.15) is 74.0 Å². The van der Waals surface area contributed by atoms with Crippen molar-refractivity contribution in [2.45, 2.75) is 69.1 Å². The van der Waals surface area contributed by atoms with E-state index in [2.05, 4.69) is 30.3 Å². The van der Waals surface area contributed by atoms with Crippen LogP contribution in [-0.2, 0) is 16.6 Å². The summed E-state index contributed by atoms with van der Waals surface area (Å²) in [6, 6.07) is 12.2. The number of carbonyl (C=O) groups excluding carboxylic acids is 1. The van der Waals surface area contributed by atoms with Gasteiger partial charge >= 0.3 is 0 Å². The predicted octanol–water partition coefficient (Wildman–Crippen LogP) is 5.99. The standard InChI is InChI=1S/C27H26O/c28-22-4-2-17-11-16-1-3-20-12-19(16)13-21(17)25(22)27-10-7-18(14-27)24-23(27)15-5-8-26(20,24)9-6-15/h1,3,11-13,15,18,25H,2,4-10,14H2. The first-order valence-corrected chi connectivity index (χ1v) is 11.5. The molecule has 0 heterocycles. The monoisotopic (exact) mass is 366 g/mol. The molecule has 2 aromatic carbocycles. The summed E-state index contributed by atoms with van der Waals surface area (Å²) in [7, 11) is 0. The van der Waals surface area contributed by atoms with Crippen LogP contribution < -0.4 is 0 Å². The van der Waals surface area contributed by atoms with Gasteiger partial charge < -0.3 is 0 Å². The molecule has 2 saturated carbocycles. The minimum atomic E-state index is 0.149. The zero-order valence-electron chi connectivity index (χ0n) is 16.4. The molecule has 0 amide bonds. The first-order chi connectivity index (χ1) is 13.7. The molecule has 9 rings (SSSR count). The summed E-state index contributed by atoms with van der Waals surface area (Å²) in [6.07, 6.45) is 11.0. The predicted molar refractivity (Wildman–Crippen MR) is 110 cm³/mol. The Morgan fingerprint density at radius 1 is 0.821 bits per heavy atom. The van der Waals surface area contributed by atoms with Crippen molar-refractivity contribution >= 4 is 16.6 Å². The van der Waals surface area contributed by atoms with Crippen molar-refractivity contribution in [2.75, 3.05) is 0 Å². The molecule has 2 fully saturated rings. The molecule has 1 heteroatoms. The summed E-state index contributed by atoms with van der Waals surface area (Å²) >= 11 is 0. The van der Waals surface area contributed by atoms with Crippen LogP contribution in [0, 0.1) is 17.3 Å². The van der Waals surface area contributed by atoms with Gasteiger partial charge in [-0.25, -0.2) is 0 Å². The molecule has 2 spiro atoms. The van der Waals surface area contributed by atoms with E-state index in [4.69, 9.17) is 0 Å². The fraction of sp³-hybridized carbons (Fsp3) is 0.519. The maximum Gasteiger partial charge on any atom is 0.141 e. The second-order valence-corrected chi connectivity index (χ2v) is 10.8. The van der Waals surface area contributed by atoms with E-state index in [1.807, 2.05) is 11.1 Å². The molecule has 0 saturated heterocycles. The summed E-state index contributed by atoms with van der Waals surface area (Å²) in [5, 5.41) is 2.76. The number of aryl methyl sites for hydroxylation is 1. The Morgan fingerprint density at radius 2 is 1.68 bits per heavy atom. The summed E-state index contributed by atoms with van der Waals surface area (Å²) in [5.74, 6) is 2.22. The van der Waals surface area contributed by atoms with Crippen molar-refractivity contribution in [3.05, 3.63) is 58.2 Å². The Morgan fingerprint density at radius 3 is 2.57 bits per heavy atom. The molecule has 0 N–H and O–H groups in total. The quantitative estimate of drug-likeness (QED) is 0.523. The maximum absolute atomic E-state index is 13.5. The third kappa shape index (κ3) is 1.42. The van der Waals surface area contributed by atoms with Gasteiger partial charge in [0.1, 0.15) is 5.78 Å². The summed E-state index contributed by atoms with van der Waals surface area (Å²) in [4.78, 5) is 13.5. The molecule has 1 nitrogen and oxygen atoms in total. The number of hydrogen-bond acceptors (Lipinski definition) is 1. The average Bonchev–Trinajstić information content (AvgIpc) is 3.31. The lowest BCUT2D eigenvalue weighted by Gasteiger charge is -2.55. The minimum absolute atomic E-state index is 0.149. The van der Waals surface area contributed by atoms with Crippen molar-refractivity contribution in [2.24, 2.45) is 17.3 Å². The van der Waals surface area contributed by atoms with Gasteiger partial charge in [-0.2, -0.15) is 0 Å². The van der Waals surface area contributed by atoms with Gasteiger partial charge in [-0.1, -0.05) is 41.5 Å². The smallest absolute Gasteiger partial charge is 0.141 e. The van der Waals surface area contributed by atoms with Gasteiger partial charge in [0, 0.05) is 17.3 Å². The maximum atomic E-state index is 13.5.